The summed E-state index contributed by atoms with van der Waals surface area (Å²) in [5, 5.41) is 20.9. The molecule has 3 atom stereocenters. The summed E-state index contributed by atoms with van der Waals surface area (Å²) in [5.41, 5.74) is 6.93. The summed E-state index contributed by atoms with van der Waals surface area (Å²) in [5.74, 6) is -1.71. The molecule has 7 N–H and O–H groups in total. The highest BCUT2D eigenvalue weighted by Crippen LogP contribution is 2.40. The molecule has 0 saturated carbocycles. The van der Waals surface area contributed by atoms with Gasteiger partial charge in [-0.25, -0.2) is 4.79 Å². The van der Waals surface area contributed by atoms with Crippen LogP contribution < -0.4 is 11.1 Å². The van der Waals surface area contributed by atoms with Crippen LogP contribution in [0.15, 0.2) is 47.7 Å². The number of aromatic hydroxyl groups is 1. The van der Waals surface area contributed by atoms with Gasteiger partial charge in [-0.2, -0.15) is 0 Å². The molecule has 2 amide bonds. The second kappa shape index (κ2) is 8.46. The minimum absolute atomic E-state index is 0. The van der Waals surface area contributed by atoms with Crippen molar-refractivity contribution < 1.29 is 30.1 Å². The zero-order chi connectivity index (χ0) is 19.7. The number of carbonyl (C=O) groups excluding carboxylic acids is 2. The Balaban J connectivity index is 0.00000280. The van der Waals surface area contributed by atoms with E-state index in [1.54, 1.807) is 19.1 Å². The van der Waals surface area contributed by atoms with E-state index < -0.39 is 35.2 Å². The average Bonchev–Trinajstić information content (AvgIpc) is 2.65. The molecule has 1 fully saturated rings. The Morgan fingerprint density at radius 2 is 2.00 bits per heavy atom. The van der Waals surface area contributed by atoms with Gasteiger partial charge < -0.3 is 26.7 Å². The number of aliphatic carboxylic acids is 1. The molecule has 1 aromatic rings. The lowest BCUT2D eigenvalue weighted by Gasteiger charge is -2.49. The Morgan fingerprint density at radius 3 is 2.57 bits per heavy atom. The van der Waals surface area contributed by atoms with Gasteiger partial charge in [0.25, 0.3) is 5.91 Å². The third-order valence-corrected chi connectivity index (χ3v) is 5.70. The number of carboxylic acids is 1. The van der Waals surface area contributed by atoms with Gasteiger partial charge in [-0.05, 0) is 30.2 Å². The van der Waals surface area contributed by atoms with Crippen molar-refractivity contribution in [2.75, 3.05) is 5.75 Å². The third kappa shape index (κ3) is 3.75. The first-order chi connectivity index (χ1) is 12.8. The molecule has 150 valence electrons. The standard InChI is InChI=1S/C18H19N3O5S.H2O/c1-2-3-10-8-27-17-13(16(24)21(17)14(10)18(25)26)20-15(23)12(19)9-4-6-11(22)7-5-9;/h2-7,12-13,17,22H,8,19H2,1H3,(H,20,23)(H,25,26);1H2/t12-,13-,17-;/m1./s1. The lowest BCUT2D eigenvalue weighted by Crippen LogP contribution is -2.71. The Hall–Kier alpha value is -2.82. The Labute approximate surface area is 165 Å². The van der Waals surface area contributed by atoms with Crippen LogP contribution in [0.5, 0.6) is 5.75 Å². The van der Waals surface area contributed by atoms with E-state index in [1.807, 2.05) is 0 Å². The molecule has 10 heteroatoms. The number of allylic oxidation sites excluding steroid dienone is 2. The lowest BCUT2D eigenvalue weighted by molar-refractivity contribution is -0.150. The summed E-state index contributed by atoms with van der Waals surface area (Å²) in [4.78, 5) is 37.7. The van der Waals surface area contributed by atoms with Crippen molar-refractivity contribution in [3.05, 3.63) is 53.3 Å². The van der Waals surface area contributed by atoms with Gasteiger partial charge in [-0.15, -0.1) is 11.8 Å². The first-order valence-electron chi connectivity index (χ1n) is 8.24. The Bertz CT molecular complexity index is 851. The molecule has 0 bridgehead atoms. The predicted octanol–water partition coefficient (Wildman–Crippen LogP) is -0.118. The molecule has 2 aliphatic rings. The van der Waals surface area contributed by atoms with E-state index in [1.165, 1.54) is 40.9 Å². The highest BCUT2D eigenvalue weighted by atomic mass is 32.2. The van der Waals surface area contributed by atoms with Gasteiger partial charge in [-0.3, -0.25) is 14.5 Å². The molecule has 28 heavy (non-hydrogen) atoms. The van der Waals surface area contributed by atoms with Crippen LogP contribution in [-0.4, -0.2) is 55.5 Å². The summed E-state index contributed by atoms with van der Waals surface area (Å²) in [7, 11) is 0. The SMILES string of the molecule is CC=CC1=C(C(=O)O)N2C(=O)[C@@H](NC(=O)[C@H](N)c3ccc(O)cc3)[C@H]2SC1.O. The van der Waals surface area contributed by atoms with Gasteiger partial charge in [0.05, 0.1) is 0 Å². The molecular weight excluding hydrogens is 386 g/mol. The van der Waals surface area contributed by atoms with Crippen LogP contribution >= 0.6 is 11.8 Å². The molecule has 1 saturated heterocycles. The van der Waals surface area contributed by atoms with Crippen molar-refractivity contribution >= 4 is 29.5 Å². The molecule has 0 unspecified atom stereocenters. The molecule has 2 heterocycles. The maximum atomic E-state index is 12.5. The number of benzene rings is 1. The number of nitrogens with one attached hydrogen (secondary N) is 1. The molecule has 2 aliphatic heterocycles. The van der Waals surface area contributed by atoms with Gasteiger partial charge in [0.1, 0.15) is 28.9 Å². The van der Waals surface area contributed by atoms with Crippen molar-refractivity contribution in [3.63, 3.8) is 0 Å². The smallest absolute Gasteiger partial charge is 0.352 e. The zero-order valence-corrected chi connectivity index (χ0v) is 15.8. The normalized spacial score (nSPS) is 22.2. The number of hydrogen-bond donors (Lipinski definition) is 4. The third-order valence-electron chi connectivity index (χ3n) is 4.40. The molecule has 0 radical (unpaired) electrons. The van der Waals surface area contributed by atoms with E-state index in [-0.39, 0.29) is 16.9 Å². The second-order valence-corrected chi connectivity index (χ2v) is 7.25. The maximum absolute atomic E-state index is 12.5. The number of nitrogens with zero attached hydrogens (tertiary/aromatic N) is 1. The van der Waals surface area contributed by atoms with E-state index in [0.717, 1.165) is 0 Å². The van der Waals surface area contributed by atoms with Gasteiger partial charge >= 0.3 is 5.97 Å². The molecular formula is C18H21N3O6S. The van der Waals surface area contributed by atoms with E-state index in [0.29, 0.717) is 16.9 Å². The summed E-state index contributed by atoms with van der Waals surface area (Å²) in [6.07, 6.45) is 3.39. The molecule has 0 spiro atoms. The predicted molar refractivity (Wildman–Crippen MR) is 103 cm³/mol. The number of nitrogens with two attached hydrogens (primary N) is 1. The van der Waals surface area contributed by atoms with Crippen molar-refractivity contribution in [1.82, 2.24) is 10.2 Å². The van der Waals surface area contributed by atoms with Crippen LogP contribution in [0.25, 0.3) is 0 Å². The second-order valence-electron chi connectivity index (χ2n) is 6.14. The van der Waals surface area contributed by atoms with Gasteiger partial charge in [0, 0.05) is 5.75 Å². The number of carbonyl (C=O) groups is 3. The summed E-state index contributed by atoms with van der Waals surface area (Å²) in [6, 6.07) is 4.06. The summed E-state index contributed by atoms with van der Waals surface area (Å²) in [6.45, 7) is 1.77. The van der Waals surface area contributed by atoms with Gasteiger partial charge in [-0.1, -0.05) is 24.3 Å². The first kappa shape index (κ1) is 21.5. The number of amides is 2. The number of β-lactam (4-membered cyclic amide) rings is 1. The largest absolute Gasteiger partial charge is 0.508 e. The van der Waals surface area contributed by atoms with E-state index in [9.17, 15) is 24.6 Å². The van der Waals surface area contributed by atoms with Crippen LogP contribution in [0.1, 0.15) is 18.5 Å². The number of phenolic OH excluding ortho intramolecular Hbond substituents is 1. The minimum atomic E-state index is -1.17. The monoisotopic (exact) mass is 407 g/mol. The minimum Gasteiger partial charge on any atom is -0.508 e. The Morgan fingerprint density at radius 1 is 1.36 bits per heavy atom. The molecule has 9 nitrogen and oxygen atoms in total. The topological polar surface area (TPSA) is 164 Å². The van der Waals surface area contributed by atoms with Crippen molar-refractivity contribution in [1.29, 1.82) is 0 Å². The summed E-state index contributed by atoms with van der Waals surface area (Å²) < 4.78 is 0. The fourth-order valence-corrected chi connectivity index (χ4v) is 4.37. The van der Waals surface area contributed by atoms with Crippen molar-refractivity contribution in [2.24, 2.45) is 5.73 Å². The van der Waals surface area contributed by atoms with Crippen molar-refractivity contribution in [3.8, 4) is 5.75 Å². The first-order valence-corrected chi connectivity index (χ1v) is 9.28. The quantitative estimate of drug-likeness (QED) is 0.494. The number of carboxylic acid groups (broad SMARTS) is 1. The highest BCUT2D eigenvalue weighted by Gasteiger charge is 2.54. The zero-order valence-electron chi connectivity index (χ0n) is 15.0. The number of thioether (sulfide) groups is 1. The van der Waals surface area contributed by atoms with Crippen LogP contribution in [0.2, 0.25) is 0 Å². The maximum Gasteiger partial charge on any atom is 0.352 e. The highest BCUT2D eigenvalue weighted by molar-refractivity contribution is 8.00. The molecule has 1 aromatic carbocycles. The molecule has 0 aromatic heterocycles. The van der Waals surface area contributed by atoms with Crippen LogP contribution in [-0.2, 0) is 14.4 Å². The van der Waals surface area contributed by atoms with Crippen LogP contribution in [0.4, 0.5) is 0 Å². The number of hydrogen-bond acceptors (Lipinski definition) is 6. The fraction of sp³-hybridized carbons (Fsp3) is 0.278. The average molecular weight is 407 g/mol. The van der Waals surface area contributed by atoms with Crippen LogP contribution in [0, 0.1) is 0 Å². The Kier molecular flexibility index (Phi) is 6.49. The van der Waals surface area contributed by atoms with E-state index in [2.05, 4.69) is 5.32 Å². The number of phenols is 1. The van der Waals surface area contributed by atoms with E-state index in [4.69, 9.17) is 5.73 Å². The summed E-state index contributed by atoms with van der Waals surface area (Å²) >= 11 is 1.39. The van der Waals surface area contributed by atoms with Gasteiger partial charge in [0.15, 0.2) is 0 Å². The lowest BCUT2D eigenvalue weighted by atomic mass is 10.0. The fourth-order valence-electron chi connectivity index (χ4n) is 3.05. The van der Waals surface area contributed by atoms with Crippen molar-refractivity contribution in [2.45, 2.75) is 24.4 Å². The number of rotatable bonds is 5. The molecule has 3 rings (SSSR count). The van der Waals surface area contributed by atoms with E-state index >= 15 is 0 Å². The van der Waals surface area contributed by atoms with Gasteiger partial charge in [0.2, 0.25) is 5.91 Å². The molecule has 0 aliphatic carbocycles. The van der Waals surface area contributed by atoms with Crippen LogP contribution in [0.3, 0.4) is 0 Å². The number of fused-ring (bicyclic) bond motifs is 1.